The third-order valence-corrected chi connectivity index (χ3v) is 2.21. The first-order valence-electron chi connectivity index (χ1n) is 5.62. The molecule has 1 rings (SSSR count). The van der Waals surface area contributed by atoms with Gasteiger partial charge in [-0.15, -0.1) is 5.11 Å². The van der Waals surface area contributed by atoms with Crippen molar-refractivity contribution in [2.24, 2.45) is 10.2 Å². The molecular weight excluding hydrogens is 264 g/mol. The summed E-state index contributed by atoms with van der Waals surface area (Å²) in [5, 5.41) is 17.1. The van der Waals surface area contributed by atoms with E-state index in [0.717, 1.165) is 7.11 Å². The summed E-state index contributed by atoms with van der Waals surface area (Å²) in [5.74, 6) is -2.17. The van der Waals surface area contributed by atoms with Gasteiger partial charge in [-0.3, -0.25) is 4.79 Å². The zero-order valence-electron chi connectivity index (χ0n) is 11.1. The van der Waals surface area contributed by atoms with E-state index in [-0.39, 0.29) is 0 Å². The van der Waals surface area contributed by atoms with E-state index in [9.17, 15) is 14.7 Å². The van der Waals surface area contributed by atoms with Gasteiger partial charge in [0.25, 0.3) is 0 Å². The highest BCUT2D eigenvalue weighted by Crippen LogP contribution is 2.16. The van der Waals surface area contributed by atoms with E-state index >= 15 is 0 Å². The van der Waals surface area contributed by atoms with E-state index < -0.39 is 29.8 Å². The molecule has 0 aliphatic rings. The van der Waals surface area contributed by atoms with Crippen molar-refractivity contribution in [1.82, 2.24) is 0 Å². The second-order valence-electron chi connectivity index (χ2n) is 3.58. The summed E-state index contributed by atoms with van der Waals surface area (Å²) in [7, 11) is 2.30. The number of ether oxygens (including phenoxy) is 2. The summed E-state index contributed by atoms with van der Waals surface area (Å²) in [4.78, 5) is 22.6. The number of carbonyl (C=O) groups excluding carboxylic acids is 2. The van der Waals surface area contributed by atoms with Crippen LogP contribution in [0.2, 0.25) is 0 Å². The molecule has 0 radical (unpaired) electrons. The molecule has 0 aliphatic heterocycles. The molecule has 7 heteroatoms. The highest BCUT2D eigenvalue weighted by Gasteiger charge is 2.18. The van der Waals surface area contributed by atoms with Crippen molar-refractivity contribution in [3.05, 3.63) is 41.8 Å². The van der Waals surface area contributed by atoms with Crippen molar-refractivity contribution in [3.8, 4) is 0 Å². The molecule has 0 heterocycles. The lowest BCUT2D eigenvalue weighted by molar-refractivity contribution is -0.140. The Morgan fingerprint density at radius 3 is 2.35 bits per heavy atom. The standard InChI is InChI=1S/C13H14N2O5/c1-19-11(17)8-10(16)12(13(18)20-2)15-14-9-6-4-3-5-7-9/h3-7,16H,8H2,1-2H3/b12-10-,15-14?. The van der Waals surface area contributed by atoms with Crippen molar-refractivity contribution in [3.63, 3.8) is 0 Å². The van der Waals surface area contributed by atoms with E-state index in [1.54, 1.807) is 30.3 Å². The maximum atomic E-state index is 11.5. The Labute approximate surface area is 115 Å². The Hall–Kier alpha value is -2.70. The van der Waals surface area contributed by atoms with Gasteiger partial charge in [0.15, 0.2) is 0 Å². The first kappa shape index (κ1) is 15.4. The lowest BCUT2D eigenvalue weighted by Crippen LogP contribution is -2.09. The number of methoxy groups -OCH3 is 2. The van der Waals surface area contributed by atoms with Gasteiger partial charge in [0.1, 0.15) is 12.2 Å². The predicted octanol–water partition coefficient (Wildman–Crippen LogP) is 2.28. The molecule has 106 valence electrons. The van der Waals surface area contributed by atoms with E-state index in [0.29, 0.717) is 5.69 Å². The summed E-state index contributed by atoms with van der Waals surface area (Å²) < 4.78 is 8.86. The predicted molar refractivity (Wildman–Crippen MR) is 69.3 cm³/mol. The zero-order valence-corrected chi connectivity index (χ0v) is 11.1. The number of hydrogen-bond acceptors (Lipinski definition) is 7. The summed E-state index contributed by atoms with van der Waals surface area (Å²) in [6, 6.07) is 8.60. The average Bonchev–Trinajstić information content (AvgIpc) is 2.47. The van der Waals surface area contributed by atoms with Crippen LogP contribution in [0.3, 0.4) is 0 Å². The minimum atomic E-state index is -0.897. The normalized spacial score (nSPS) is 11.9. The molecule has 0 saturated heterocycles. The minimum absolute atomic E-state index is 0.443. The van der Waals surface area contributed by atoms with Gasteiger partial charge in [0, 0.05) is 0 Å². The van der Waals surface area contributed by atoms with Crippen LogP contribution in [0.15, 0.2) is 52.0 Å². The number of rotatable bonds is 5. The molecule has 0 bridgehead atoms. The number of benzene rings is 1. The van der Waals surface area contributed by atoms with E-state index in [1.165, 1.54) is 7.11 Å². The van der Waals surface area contributed by atoms with Gasteiger partial charge >= 0.3 is 11.9 Å². The molecule has 1 aromatic rings. The molecule has 7 nitrogen and oxygen atoms in total. The smallest absolute Gasteiger partial charge is 0.362 e. The first-order valence-corrected chi connectivity index (χ1v) is 5.62. The van der Waals surface area contributed by atoms with Gasteiger partial charge in [0.05, 0.1) is 19.9 Å². The Balaban J connectivity index is 3.01. The lowest BCUT2D eigenvalue weighted by atomic mass is 10.3. The number of esters is 2. The highest BCUT2D eigenvalue weighted by molar-refractivity contribution is 5.89. The molecule has 0 atom stereocenters. The number of aliphatic hydroxyl groups is 1. The molecule has 0 fully saturated rings. The van der Waals surface area contributed by atoms with Crippen molar-refractivity contribution in [2.45, 2.75) is 6.42 Å². The average molecular weight is 278 g/mol. The van der Waals surface area contributed by atoms with Crippen LogP contribution < -0.4 is 0 Å². The van der Waals surface area contributed by atoms with E-state index in [1.807, 2.05) is 0 Å². The molecule has 0 spiro atoms. The topological polar surface area (TPSA) is 97.5 Å². The van der Waals surface area contributed by atoms with Gasteiger partial charge in [-0.2, -0.15) is 5.11 Å². The van der Waals surface area contributed by atoms with Crippen LogP contribution in [-0.4, -0.2) is 31.3 Å². The maximum Gasteiger partial charge on any atom is 0.362 e. The van der Waals surface area contributed by atoms with Gasteiger partial charge in [-0.05, 0) is 12.1 Å². The van der Waals surface area contributed by atoms with E-state index in [4.69, 9.17) is 0 Å². The fourth-order valence-electron chi connectivity index (χ4n) is 1.21. The van der Waals surface area contributed by atoms with Crippen LogP contribution in [0.25, 0.3) is 0 Å². The van der Waals surface area contributed by atoms with E-state index in [2.05, 4.69) is 19.7 Å². The van der Waals surface area contributed by atoms with Gasteiger partial charge in [-0.25, -0.2) is 4.79 Å². The minimum Gasteiger partial charge on any atom is -0.509 e. The monoisotopic (exact) mass is 278 g/mol. The van der Waals surface area contributed by atoms with Crippen molar-refractivity contribution in [1.29, 1.82) is 0 Å². The second kappa shape index (κ2) is 7.67. The Morgan fingerprint density at radius 1 is 1.15 bits per heavy atom. The molecule has 0 aliphatic carbocycles. The van der Waals surface area contributed by atoms with Crippen LogP contribution in [0.5, 0.6) is 0 Å². The fourth-order valence-corrected chi connectivity index (χ4v) is 1.21. The van der Waals surface area contributed by atoms with Gasteiger partial charge < -0.3 is 14.6 Å². The van der Waals surface area contributed by atoms with Crippen molar-refractivity contribution >= 4 is 17.6 Å². The van der Waals surface area contributed by atoms with Crippen LogP contribution in [0.4, 0.5) is 5.69 Å². The van der Waals surface area contributed by atoms with Crippen LogP contribution in [-0.2, 0) is 19.1 Å². The largest absolute Gasteiger partial charge is 0.509 e. The highest BCUT2D eigenvalue weighted by atomic mass is 16.5. The molecule has 20 heavy (non-hydrogen) atoms. The second-order valence-corrected chi connectivity index (χ2v) is 3.58. The Kier molecular flexibility index (Phi) is 5.89. The van der Waals surface area contributed by atoms with Crippen LogP contribution >= 0.6 is 0 Å². The van der Waals surface area contributed by atoms with Crippen molar-refractivity contribution < 1.29 is 24.2 Å². The molecular formula is C13H14N2O5. The molecule has 0 unspecified atom stereocenters. The maximum absolute atomic E-state index is 11.5. The Bertz CT molecular complexity index is 537. The lowest BCUT2D eigenvalue weighted by Gasteiger charge is -2.03. The number of azo groups is 1. The molecule has 0 amide bonds. The van der Waals surface area contributed by atoms with Crippen LogP contribution in [0, 0.1) is 0 Å². The number of hydrogen-bond donors (Lipinski definition) is 1. The SMILES string of the molecule is COC(=O)C/C(O)=C(/N=Nc1ccccc1)C(=O)OC. The number of nitrogens with zero attached hydrogens (tertiary/aromatic N) is 2. The third-order valence-electron chi connectivity index (χ3n) is 2.21. The summed E-state index contributed by atoms with van der Waals surface area (Å²) in [5.41, 5.74) is 0.0431. The summed E-state index contributed by atoms with van der Waals surface area (Å²) >= 11 is 0. The van der Waals surface area contributed by atoms with Gasteiger partial charge in [0.2, 0.25) is 5.70 Å². The number of aliphatic hydroxyl groups excluding tert-OH is 1. The third kappa shape index (κ3) is 4.52. The van der Waals surface area contributed by atoms with Crippen molar-refractivity contribution in [2.75, 3.05) is 14.2 Å². The quantitative estimate of drug-likeness (QED) is 0.385. The molecule has 0 saturated carbocycles. The molecule has 1 N–H and O–H groups in total. The Morgan fingerprint density at radius 2 is 1.80 bits per heavy atom. The summed E-state index contributed by atoms with van der Waals surface area (Å²) in [6.45, 7) is 0. The first-order chi connectivity index (χ1) is 9.58. The molecule has 0 aromatic heterocycles. The molecule has 1 aromatic carbocycles. The zero-order chi connectivity index (χ0) is 15.0. The fraction of sp³-hybridized carbons (Fsp3) is 0.231. The van der Waals surface area contributed by atoms with Crippen LogP contribution in [0.1, 0.15) is 6.42 Å². The van der Waals surface area contributed by atoms with Gasteiger partial charge in [-0.1, -0.05) is 18.2 Å². The summed E-state index contributed by atoms with van der Waals surface area (Å²) in [6.07, 6.45) is -0.491. The number of carbonyl (C=O) groups is 2.